The summed E-state index contributed by atoms with van der Waals surface area (Å²) in [5, 5.41) is 3.22. The fourth-order valence-electron chi connectivity index (χ4n) is 1.74. The van der Waals surface area contributed by atoms with Gasteiger partial charge in [0, 0.05) is 6.04 Å². The fraction of sp³-hybridized carbons (Fsp3) is 0.800. The third-order valence-corrected chi connectivity index (χ3v) is 4.27. The van der Waals surface area contributed by atoms with Gasteiger partial charge in [0.15, 0.2) is 0 Å². The topological polar surface area (TPSA) is 58.2 Å². The molecule has 15 heavy (non-hydrogen) atoms. The maximum Gasteiger partial charge on any atom is 0.212 e. The predicted octanol–water partition coefficient (Wildman–Crippen LogP) is 0.480. The summed E-state index contributed by atoms with van der Waals surface area (Å²) in [6.07, 6.45) is 3.49. The quantitative estimate of drug-likeness (QED) is 0.678. The molecule has 1 aliphatic heterocycles. The monoisotopic (exact) mass is 232 g/mol. The van der Waals surface area contributed by atoms with E-state index in [2.05, 4.69) is 16.6 Å². The van der Waals surface area contributed by atoms with Crippen LogP contribution in [-0.2, 0) is 10.0 Å². The summed E-state index contributed by atoms with van der Waals surface area (Å²) in [5.41, 5.74) is 0. The minimum Gasteiger partial charge on any atom is -0.317 e. The molecule has 2 N–H and O–H groups in total. The predicted molar refractivity (Wildman–Crippen MR) is 62.2 cm³/mol. The molecule has 0 bridgehead atoms. The van der Waals surface area contributed by atoms with Crippen LogP contribution in [0, 0.1) is 5.92 Å². The Hall–Kier alpha value is -0.390. The summed E-state index contributed by atoms with van der Waals surface area (Å²) in [7, 11) is -3.14. The first-order valence-electron chi connectivity index (χ1n) is 5.37. The lowest BCUT2D eigenvalue weighted by molar-refractivity contribution is 0.400. The zero-order valence-corrected chi connectivity index (χ0v) is 10.0. The van der Waals surface area contributed by atoms with Crippen molar-refractivity contribution in [2.75, 3.05) is 18.8 Å². The summed E-state index contributed by atoms with van der Waals surface area (Å²) in [6.45, 7) is 7.19. The molecular weight excluding hydrogens is 212 g/mol. The maximum atomic E-state index is 11.7. The Labute approximate surface area is 92.2 Å². The van der Waals surface area contributed by atoms with E-state index in [1.165, 1.54) is 0 Å². The molecule has 0 aromatic heterocycles. The molecule has 1 heterocycles. The van der Waals surface area contributed by atoms with Crippen molar-refractivity contribution in [1.82, 2.24) is 10.0 Å². The first-order valence-corrected chi connectivity index (χ1v) is 7.02. The normalized spacial score (nSPS) is 21.1. The Morgan fingerprint density at radius 2 is 2.13 bits per heavy atom. The van der Waals surface area contributed by atoms with E-state index < -0.39 is 10.0 Å². The van der Waals surface area contributed by atoms with Crippen LogP contribution in [0.15, 0.2) is 12.7 Å². The van der Waals surface area contributed by atoms with Crippen molar-refractivity contribution < 1.29 is 8.42 Å². The van der Waals surface area contributed by atoms with Crippen LogP contribution in [0.3, 0.4) is 0 Å². The summed E-state index contributed by atoms with van der Waals surface area (Å²) in [6, 6.07) is -0.184. The summed E-state index contributed by atoms with van der Waals surface area (Å²) in [5.74, 6) is 0.535. The molecule has 1 fully saturated rings. The average molecular weight is 232 g/mol. The lowest BCUT2D eigenvalue weighted by Gasteiger charge is -2.23. The molecule has 0 amide bonds. The smallest absolute Gasteiger partial charge is 0.212 e. The number of rotatable bonds is 5. The third kappa shape index (κ3) is 4.77. The Balaban J connectivity index is 2.44. The van der Waals surface area contributed by atoms with Crippen LogP contribution in [0.4, 0.5) is 0 Å². The number of nitrogens with one attached hydrogen (secondary N) is 2. The first-order chi connectivity index (χ1) is 7.03. The Morgan fingerprint density at radius 1 is 1.53 bits per heavy atom. The zero-order chi connectivity index (χ0) is 11.3. The Bertz CT molecular complexity index is 295. The van der Waals surface area contributed by atoms with E-state index in [0.29, 0.717) is 5.92 Å². The van der Waals surface area contributed by atoms with E-state index in [9.17, 15) is 8.42 Å². The highest BCUT2D eigenvalue weighted by molar-refractivity contribution is 7.89. The van der Waals surface area contributed by atoms with Gasteiger partial charge in [0.2, 0.25) is 10.0 Å². The van der Waals surface area contributed by atoms with Crippen LogP contribution < -0.4 is 10.0 Å². The summed E-state index contributed by atoms with van der Waals surface area (Å²) < 4.78 is 26.0. The van der Waals surface area contributed by atoms with Crippen LogP contribution >= 0.6 is 0 Å². The third-order valence-electron chi connectivity index (χ3n) is 2.63. The van der Waals surface area contributed by atoms with Gasteiger partial charge in [-0.25, -0.2) is 13.1 Å². The van der Waals surface area contributed by atoms with Gasteiger partial charge in [0.1, 0.15) is 0 Å². The second-order valence-corrected chi connectivity index (χ2v) is 5.92. The average Bonchev–Trinajstić information content (AvgIpc) is 2.17. The van der Waals surface area contributed by atoms with E-state index >= 15 is 0 Å². The van der Waals surface area contributed by atoms with E-state index in [4.69, 9.17) is 0 Å². The molecule has 0 aromatic rings. The van der Waals surface area contributed by atoms with Crippen LogP contribution in [-0.4, -0.2) is 33.3 Å². The molecule has 5 heteroatoms. The van der Waals surface area contributed by atoms with Gasteiger partial charge in [-0.3, -0.25) is 0 Å². The van der Waals surface area contributed by atoms with Gasteiger partial charge in [-0.2, -0.15) is 0 Å². The van der Waals surface area contributed by atoms with Gasteiger partial charge in [0.25, 0.3) is 0 Å². The van der Waals surface area contributed by atoms with Crippen molar-refractivity contribution in [1.29, 1.82) is 0 Å². The molecule has 1 saturated heterocycles. The Kier molecular flexibility index (Phi) is 4.76. The van der Waals surface area contributed by atoms with Crippen LogP contribution in [0.25, 0.3) is 0 Å². The van der Waals surface area contributed by atoms with E-state index in [0.717, 1.165) is 25.9 Å². The molecule has 0 saturated carbocycles. The molecule has 0 radical (unpaired) electrons. The van der Waals surface area contributed by atoms with Crippen molar-refractivity contribution in [3.63, 3.8) is 0 Å². The number of piperidine rings is 1. The van der Waals surface area contributed by atoms with Gasteiger partial charge >= 0.3 is 0 Å². The molecule has 88 valence electrons. The molecule has 0 aromatic carbocycles. The molecule has 1 aliphatic rings. The van der Waals surface area contributed by atoms with Crippen molar-refractivity contribution in [2.24, 2.45) is 5.92 Å². The standard InChI is InChI=1S/C10H20N2O2S/c1-3-9(2)12-15(13,14)8-10-4-6-11-7-5-10/h3,9-12H,1,4-8H2,2H3. The van der Waals surface area contributed by atoms with Crippen LogP contribution in [0.5, 0.6) is 0 Å². The molecule has 4 nitrogen and oxygen atoms in total. The summed E-state index contributed by atoms with van der Waals surface area (Å²) >= 11 is 0. The molecule has 1 atom stereocenters. The number of sulfonamides is 1. The van der Waals surface area contributed by atoms with Crippen molar-refractivity contribution in [3.05, 3.63) is 12.7 Å². The first kappa shape index (κ1) is 12.7. The molecular formula is C10H20N2O2S. The molecule has 1 unspecified atom stereocenters. The summed E-state index contributed by atoms with van der Waals surface area (Å²) in [4.78, 5) is 0. The second-order valence-electron chi connectivity index (χ2n) is 4.12. The minimum absolute atomic E-state index is 0.184. The van der Waals surface area contributed by atoms with Crippen molar-refractivity contribution in [3.8, 4) is 0 Å². The zero-order valence-electron chi connectivity index (χ0n) is 9.20. The van der Waals surface area contributed by atoms with Gasteiger partial charge in [0.05, 0.1) is 5.75 Å². The highest BCUT2D eigenvalue weighted by atomic mass is 32.2. The van der Waals surface area contributed by atoms with Gasteiger partial charge < -0.3 is 5.32 Å². The minimum atomic E-state index is -3.14. The number of hydrogen-bond acceptors (Lipinski definition) is 3. The highest BCUT2D eigenvalue weighted by Gasteiger charge is 2.21. The van der Waals surface area contributed by atoms with Crippen LogP contribution in [0.2, 0.25) is 0 Å². The van der Waals surface area contributed by atoms with Crippen LogP contribution in [0.1, 0.15) is 19.8 Å². The van der Waals surface area contributed by atoms with E-state index in [1.807, 2.05) is 0 Å². The molecule has 1 rings (SSSR count). The largest absolute Gasteiger partial charge is 0.317 e. The van der Waals surface area contributed by atoms with Gasteiger partial charge in [-0.05, 0) is 38.8 Å². The van der Waals surface area contributed by atoms with Gasteiger partial charge in [-0.1, -0.05) is 6.08 Å². The molecule has 0 aliphatic carbocycles. The SMILES string of the molecule is C=CC(C)NS(=O)(=O)CC1CCNCC1. The highest BCUT2D eigenvalue weighted by Crippen LogP contribution is 2.13. The maximum absolute atomic E-state index is 11.7. The fourth-order valence-corrected chi connectivity index (χ4v) is 3.45. The number of hydrogen-bond donors (Lipinski definition) is 2. The lowest BCUT2D eigenvalue weighted by Crippen LogP contribution is -2.38. The molecule has 0 spiro atoms. The van der Waals surface area contributed by atoms with Crippen molar-refractivity contribution in [2.45, 2.75) is 25.8 Å². The van der Waals surface area contributed by atoms with Crippen molar-refractivity contribution >= 4 is 10.0 Å². The van der Waals surface area contributed by atoms with Gasteiger partial charge in [-0.15, -0.1) is 6.58 Å². The second kappa shape index (κ2) is 5.63. The van der Waals surface area contributed by atoms with E-state index in [-0.39, 0.29) is 11.8 Å². The lowest BCUT2D eigenvalue weighted by atomic mass is 10.0. The van der Waals surface area contributed by atoms with E-state index in [1.54, 1.807) is 13.0 Å². The Morgan fingerprint density at radius 3 is 2.67 bits per heavy atom.